The second-order valence-electron chi connectivity index (χ2n) is 7.74. The number of benzene rings is 2. The summed E-state index contributed by atoms with van der Waals surface area (Å²) in [6, 6.07) is 10.5. The fourth-order valence-electron chi connectivity index (χ4n) is 4.43. The van der Waals surface area contributed by atoms with Gasteiger partial charge in [0.15, 0.2) is 0 Å². The molecule has 1 aliphatic heterocycles. The van der Waals surface area contributed by atoms with Gasteiger partial charge in [-0.25, -0.2) is 0 Å². The van der Waals surface area contributed by atoms with E-state index in [0.29, 0.717) is 0 Å². The lowest BCUT2D eigenvalue weighted by Crippen LogP contribution is -2.18. The number of ether oxygens (including phenoxy) is 1. The van der Waals surface area contributed by atoms with Crippen LogP contribution in [0.15, 0.2) is 43.1 Å². The highest BCUT2D eigenvalue weighted by molar-refractivity contribution is 6.12. The number of hydrogen-bond acceptors (Lipinski definition) is 4. The molecule has 4 aromatic rings. The summed E-state index contributed by atoms with van der Waals surface area (Å²) in [6.45, 7) is 7.95. The Morgan fingerprint density at radius 2 is 2.03 bits per heavy atom. The molecule has 0 radical (unpaired) electrons. The van der Waals surface area contributed by atoms with Crippen LogP contribution < -0.4 is 9.64 Å². The maximum Gasteiger partial charge on any atom is 0.128 e. The molecule has 5 rings (SSSR count). The maximum absolute atomic E-state index is 5.51. The summed E-state index contributed by atoms with van der Waals surface area (Å²) in [5.41, 5.74) is 6.94. The zero-order chi connectivity index (χ0) is 21.4. The Kier molecular flexibility index (Phi) is 4.83. The van der Waals surface area contributed by atoms with Gasteiger partial charge in [-0.2, -0.15) is 5.10 Å². The van der Waals surface area contributed by atoms with Crippen molar-refractivity contribution in [3.05, 3.63) is 54.2 Å². The van der Waals surface area contributed by atoms with Gasteiger partial charge in [0.2, 0.25) is 0 Å². The molecule has 5 heteroatoms. The van der Waals surface area contributed by atoms with Crippen LogP contribution in [0.3, 0.4) is 0 Å². The molecule has 1 saturated heterocycles. The van der Waals surface area contributed by atoms with Gasteiger partial charge in [0, 0.05) is 46.6 Å². The van der Waals surface area contributed by atoms with Gasteiger partial charge >= 0.3 is 0 Å². The fraction of sp³-hybridized carbons (Fsp3) is 0.231. The first kappa shape index (κ1) is 19.2. The average molecular weight is 409 g/mol. The molecule has 1 aliphatic rings. The van der Waals surface area contributed by atoms with E-state index in [1.165, 1.54) is 18.5 Å². The first-order valence-corrected chi connectivity index (χ1v) is 10.5. The number of pyridine rings is 1. The number of nitrogens with one attached hydrogen (secondary N) is 1. The molecule has 5 nitrogen and oxygen atoms in total. The third-order valence-electron chi connectivity index (χ3n) is 5.94. The third-order valence-corrected chi connectivity index (χ3v) is 5.94. The molecule has 0 aliphatic carbocycles. The highest BCUT2D eigenvalue weighted by Gasteiger charge is 2.19. The maximum atomic E-state index is 5.51. The zero-order valence-corrected chi connectivity index (χ0v) is 17.8. The van der Waals surface area contributed by atoms with Gasteiger partial charge in [-0.1, -0.05) is 24.6 Å². The van der Waals surface area contributed by atoms with Crippen molar-refractivity contribution < 1.29 is 4.74 Å². The second-order valence-corrected chi connectivity index (χ2v) is 7.74. The Balaban J connectivity index is 1.75. The van der Waals surface area contributed by atoms with Gasteiger partial charge in [0.1, 0.15) is 11.4 Å². The summed E-state index contributed by atoms with van der Waals surface area (Å²) in [4.78, 5) is 7.04. The van der Waals surface area contributed by atoms with E-state index in [1.54, 1.807) is 13.2 Å². The minimum atomic E-state index is 0.762. The predicted octanol–water partition coefficient (Wildman–Crippen LogP) is 5.40. The Bertz CT molecular complexity index is 1370. The van der Waals surface area contributed by atoms with Crippen molar-refractivity contribution in [2.24, 2.45) is 0 Å². The van der Waals surface area contributed by atoms with Gasteiger partial charge in [0.05, 0.1) is 30.0 Å². The number of fused-ring (bicyclic) bond motifs is 3. The molecular weight excluding hydrogens is 384 g/mol. The van der Waals surface area contributed by atoms with Crippen LogP contribution in [0.5, 0.6) is 5.75 Å². The molecule has 2 aromatic heterocycles. The van der Waals surface area contributed by atoms with E-state index in [-0.39, 0.29) is 0 Å². The molecule has 3 heterocycles. The summed E-state index contributed by atoms with van der Waals surface area (Å²) in [5, 5.41) is 9.92. The quantitative estimate of drug-likeness (QED) is 0.459. The van der Waals surface area contributed by atoms with E-state index in [1.807, 2.05) is 19.2 Å². The van der Waals surface area contributed by atoms with E-state index in [9.17, 15) is 0 Å². The lowest BCUT2D eigenvalue weighted by atomic mass is 10.00. The topological polar surface area (TPSA) is 54.0 Å². The molecule has 1 N–H and O–H groups in total. The van der Waals surface area contributed by atoms with Crippen molar-refractivity contribution in [2.75, 3.05) is 25.1 Å². The SMILES string of the molecule is C=Cc1cc2c(cc1OC)ncc1[nH]nc(-c3ccc(C#CC)c(N4CCCC4)c3)c12. The van der Waals surface area contributed by atoms with Crippen LogP contribution >= 0.6 is 0 Å². The van der Waals surface area contributed by atoms with E-state index in [4.69, 9.17) is 4.74 Å². The molecule has 0 amide bonds. The van der Waals surface area contributed by atoms with Crippen molar-refractivity contribution in [1.29, 1.82) is 0 Å². The lowest BCUT2D eigenvalue weighted by molar-refractivity contribution is 0.414. The van der Waals surface area contributed by atoms with Gasteiger partial charge in [-0.3, -0.25) is 10.1 Å². The highest BCUT2D eigenvalue weighted by atomic mass is 16.5. The lowest BCUT2D eigenvalue weighted by Gasteiger charge is -2.20. The first-order chi connectivity index (χ1) is 15.2. The van der Waals surface area contributed by atoms with Crippen molar-refractivity contribution in [2.45, 2.75) is 19.8 Å². The smallest absolute Gasteiger partial charge is 0.128 e. The number of H-pyrrole nitrogens is 1. The van der Waals surface area contributed by atoms with Crippen molar-refractivity contribution in [3.8, 4) is 28.8 Å². The molecule has 1 fully saturated rings. The number of rotatable bonds is 4. The Morgan fingerprint density at radius 3 is 2.77 bits per heavy atom. The number of aromatic amines is 1. The van der Waals surface area contributed by atoms with Crippen LogP contribution in [-0.4, -0.2) is 35.4 Å². The Hall–Kier alpha value is -3.78. The van der Waals surface area contributed by atoms with Crippen molar-refractivity contribution in [3.63, 3.8) is 0 Å². The largest absolute Gasteiger partial charge is 0.496 e. The van der Waals surface area contributed by atoms with Gasteiger partial charge in [-0.15, -0.1) is 5.92 Å². The van der Waals surface area contributed by atoms with Crippen LogP contribution in [0.1, 0.15) is 30.9 Å². The number of nitrogens with zero attached hydrogens (tertiary/aromatic N) is 3. The normalized spacial score (nSPS) is 13.4. The molecule has 31 heavy (non-hydrogen) atoms. The fourth-order valence-corrected chi connectivity index (χ4v) is 4.43. The second kappa shape index (κ2) is 7.81. The first-order valence-electron chi connectivity index (χ1n) is 10.5. The third kappa shape index (κ3) is 3.21. The average Bonchev–Trinajstić information content (AvgIpc) is 3.49. The summed E-state index contributed by atoms with van der Waals surface area (Å²) in [7, 11) is 1.66. The summed E-state index contributed by atoms with van der Waals surface area (Å²) < 4.78 is 5.51. The number of aromatic nitrogens is 3. The highest BCUT2D eigenvalue weighted by Crippen LogP contribution is 2.37. The van der Waals surface area contributed by atoms with Gasteiger partial charge in [0.25, 0.3) is 0 Å². The van der Waals surface area contributed by atoms with Crippen LogP contribution in [0, 0.1) is 11.8 Å². The van der Waals surface area contributed by atoms with Crippen LogP contribution in [0.2, 0.25) is 0 Å². The molecule has 2 aromatic carbocycles. The van der Waals surface area contributed by atoms with Crippen LogP contribution in [-0.2, 0) is 0 Å². The van der Waals surface area contributed by atoms with E-state index >= 15 is 0 Å². The number of anilines is 1. The van der Waals surface area contributed by atoms with Gasteiger partial charge in [-0.05, 0) is 38.0 Å². The van der Waals surface area contributed by atoms with Crippen molar-refractivity contribution in [1.82, 2.24) is 15.2 Å². The standard InChI is InChI=1S/C26H24N4O/c1-4-8-18-9-10-19(14-23(18)30-11-6-7-12-30)26-25-20-13-17(5-2)24(31-3)15-21(20)27-16-22(25)28-29-26/h5,9-10,13-16H,2,6-7,11-12H2,1,3H3,(H,28,29). The number of hydrogen-bond donors (Lipinski definition) is 1. The molecule has 154 valence electrons. The van der Waals surface area contributed by atoms with E-state index < -0.39 is 0 Å². The molecule has 0 atom stereocenters. The minimum absolute atomic E-state index is 0.762. The van der Waals surface area contributed by atoms with E-state index in [0.717, 1.165) is 63.0 Å². The van der Waals surface area contributed by atoms with Crippen molar-refractivity contribution >= 4 is 33.6 Å². The van der Waals surface area contributed by atoms with Crippen LogP contribution in [0.25, 0.3) is 39.1 Å². The van der Waals surface area contributed by atoms with E-state index in [2.05, 4.69) is 62.8 Å². The summed E-state index contributed by atoms with van der Waals surface area (Å²) >= 11 is 0. The predicted molar refractivity (Wildman–Crippen MR) is 127 cm³/mol. The summed E-state index contributed by atoms with van der Waals surface area (Å²) in [6.07, 6.45) is 6.08. The monoisotopic (exact) mass is 408 g/mol. The molecule has 0 spiro atoms. The van der Waals surface area contributed by atoms with Gasteiger partial charge < -0.3 is 9.64 Å². The minimum Gasteiger partial charge on any atom is -0.496 e. The van der Waals surface area contributed by atoms with Crippen LogP contribution in [0.4, 0.5) is 5.69 Å². The molecular formula is C26H24N4O. The Labute approximate surface area is 181 Å². The molecule has 0 bridgehead atoms. The Morgan fingerprint density at radius 1 is 1.19 bits per heavy atom. The summed E-state index contributed by atoms with van der Waals surface area (Å²) in [5.74, 6) is 7.08. The zero-order valence-electron chi connectivity index (χ0n) is 17.8. The molecule has 0 unspecified atom stereocenters. The molecule has 0 saturated carbocycles. The number of methoxy groups -OCH3 is 1.